The third kappa shape index (κ3) is 3.59. The molecule has 1 aromatic rings. The SMILES string of the molecule is CN1C(=O)CC[C@H](C(=O)NC[C@H]2CCCO2)[C@H]1c1cccc(F)c1. The Balaban J connectivity index is 1.75. The van der Waals surface area contributed by atoms with Crippen molar-refractivity contribution in [1.29, 1.82) is 0 Å². The second kappa shape index (κ2) is 7.30. The minimum absolute atomic E-state index is 0.0209. The lowest BCUT2D eigenvalue weighted by molar-refractivity contribution is -0.141. The van der Waals surface area contributed by atoms with Gasteiger partial charge in [0.1, 0.15) is 5.82 Å². The molecule has 130 valence electrons. The summed E-state index contributed by atoms with van der Waals surface area (Å²) < 4.78 is 19.1. The topological polar surface area (TPSA) is 58.6 Å². The van der Waals surface area contributed by atoms with Gasteiger partial charge in [-0.3, -0.25) is 9.59 Å². The van der Waals surface area contributed by atoms with Gasteiger partial charge in [-0.1, -0.05) is 12.1 Å². The molecule has 0 saturated carbocycles. The van der Waals surface area contributed by atoms with E-state index in [9.17, 15) is 14.0 Å². The molecule has 2 aliphatic heterocycles. The molecule has 6 heteroatoms. The first-order valence-electron chi connectivity index (χ1n) is 8.46. The molecule has 0 aliphatic carbocycles. The van der Waals surface area contributed by atoms with Crippen molar-refractivity contribution in [2.24, 2.45) is 5.92 Å². The van der Waals surface area contributed by atoms with Crippen LogP contribution in [0.4, 0.5) is 4.39 Å². The Hall–Kier alpha value is -1.95. The number of nitrogens with zero attached hydrogens (tertiary/aromatic N) is 1. The van der Waals surface area contributed by atoms with Crippen LogP contribution in [0, 0.1) is 11.7 Å². The highest BCUT2D eigenvalue weighted by molar-refractivity contribution is 5.84. The lowest BCUT2D eigenvalue weighted by Crippen LogP contribution is -2.47. The van der Waals surface area contributed by atoms with Crippen LogP contribution in [-0.2, 0) is 14.3 Å². The molecule has 2 saturated heterocycles. The van der Waals surface area contributed by atoms with Gasteiger partial charge in [0.2, 0.25) is 11.8 Å². The van der Waals surface area contributed by atoms with Crippen molar-refractivity contribution in [2.75, 3.05) is 20.2 Å². The number of ether oxygens (including phenoxy) is 1. The third-order valence-electron chi connectivity index (χ3n) is 4.92. The van der Waals surface area contributed by atoms with E-state index in [2.05, 4.69) is 5.32 Å². The van der Waals surface area contributed by atoms with Gasteiger partial charge in [-0.15, -0.1) is 0 Å². The van der Waals surface area contributed by atoms with E-state index in [0.717, 1.165) is 19.4 Å². The molecule has 5 nitrogen and oxygen atoms in total. The Labute approximate surface area is 141 Å². The summed E-state index contributed by atoms with van der Waals surface area (Å²) in [5, 5.41) is 2.95. The summed E-state index contributed by atoms with van der Waals surface area (Å²) in [6.45, 7) is 1.23. The number of rotatable bonds is 4. The van der Waals surface area contributed by atoms with Gasteiger partial charge in [0.05, 0.1) is 18.1 Å². The van der Waals surface area contributed by atoms with Crippen molar-refractivity contribution >= 4 is 11.8 Å². The molecule has 3 atom stereocenters. The standard InChI is InChI=1S/C18H23FN2O3/c1-21-16(22)8-7-15(17(21)12-4-2-5-13(19)10-12)18(23)20-11-14-6-3-9-24-14/h2,4-5,10,14-15,17H,3,6-9,11H2,1H3,(H,20,23)/t14-,15+,17-/m1/s1. The zero-order valence-corrected chi connectivity index (χ0v) is 13.8. The van der Waals surface area contributed by atoms with E-state index < -0.39 is 6.04 Å². The third-order valence-corrected chi connectivity index (χ3v) is 4.92. The van der Waals surface area contributed by atoms with Gasteiger partial charge in [0, 0.05) is 26.6 Å². The summed E-state index contributed by atoms with van der Waals surface area (Å²) in [4.78, 5) is 26.3. The number of amides is 2. The highest BCUT2D eigenvalue weighted by Gasteiger charge is 2.39. The second-order valence-electron chi connectivity index (χ2n) is 6.53. The highest BCUT2D eigenvalue weighted by Crippen LogP contribution is 2.36. The summed E-state index contributed by atoms with van der Waals surface area (Å²) in [7, 11) is 1.68. The van der Waals surface area contributed by atoms with Gasteiger partial charge in [-0.2, -0.15) is 0 Å². The Kier molecular flexibility index (Phi) is 5.14. The minimum Gasteiger partial charge on any atom is -0.376 e. The molecule has 1 N–H and O–H groups in total. The number of hydrogen-bond donors (Lipinski definition) is 1. The average Bonchev–Trinajstić information content (AvgIpc) is 3.08. The normalized spacial score (nSPS) is 27.3. The van der Waals surface area contributed by atoms with Crippen molar-refractivity contribution in [2.45, 2.75) is 37.8 Å². The Bertz CT molecular complexity index is 616. The average molecular weight is 334 g/mol. The van der Waals surface area contributed by atoms with Crippen LogP contribution in [0.15, 0.2) is 24.3 Å². The van der Waals surface area contributed by atoms with Gasteiger partial charge in [-0.05, 0) is 37.0 Å². The summed E-state index contributed by atoms with van der Waals surface area (Å²) in [5.74, 6) is -0.861. The van der Waals surface area contributed by atoms with Crippen LogP contribution in [0.1, 0.15) is 37.3 Å². The molecule has 24 heavy (non-hydrogen) atoms. The van der Waals surface area contributed by atoms with Crippen molar-refractivity contribution < 1.29 is 18.7 Å². The van der Waals surface area contributed by atoms with Crippen molar-refractivity contribution in [3.05, 3.63) is 35.6 Å². The fraction of sp³-hybridized carbons (Fsp3) is 0.556. The molecular weight excluding hydrogens is 311 g/mol. The largest absolute Gasteiger partial charge is 0.376 e. The molecule has 0 bridgehead atoms. The maximum Gasteiger partial charge on any atom is 0.225 e. The van der Waals surface area contributed by atoms with E-state index in [1.54, 1.807) is 24.1 Å². The smallest absolute Gasteiger partial charge is 0.225 e. The summed E-state index contributed by atoms with van der Waals surface area (Å²) in [6, 6.07) is 5.70. The van der Waals surface area contributed by atoms with Crippen LogP contribution >= 0.6 is 0 Å². The van der Waals surface area contributed by atoms with Crippen LogP contribution in [0.3, 0.4) is 0 Å². The maximum atomic E-state index is 13.6. The molecule has 2 heterocycles. The van der Waals surface area contributed by atoms with Gasteiger partial charge < -0.3 is 15.0 Å². The molecule has 2 fully saturated rings. The molecule has 0 spiro atoms. The number of nitrogens with one attached hydrogen (secondary N) is 1. The van der Waals surface area contributed by atoms with Gasteiger partial charge in [-0.25, -0.2) is 4.39 Å². The van der Waals surface area contributed by atoms with E-state index in [4.69, 9.17) is 4.74 Å². The van der Waals surface area contributed by atoms with Crippen LogP contribution in [0.2, 0.25) is 0 Å². The minimum atomic E-state index is -0.438. The summed E-state index contributed by atoms with van der Waals surface area (Å²) >= 11 is 0. The van der Waals surface area contributed by atoms with Gasteiger partial charge >= 0.3 is 0 Å². The van der Waals surface area contributed by atoms with Gasteiger partial charge in [0.15, 0.2) is 0 Å². The number of hydrogen-bond acceptors (Lipinski definition) is 3. The van der Waals surface area contributed by atoms with Crippen LogP contribution < -0.4 is 5.32 Å². The lowest BCUT2D eigenvalue weighted by Gasteiger charge is -2.38. The van der Waals surface area contributed by atoms with E-state index in [0.29, 0.717) is 24.9 Å². The predicted octanol–water partition coefficient (Wildman–Crippen LogP) is 2.03. The molecule has 2 amide bonds. The molecule has 0 unspecified atom stereocenters. The van der Waals surface area contributed by atoms with E-state index in [-0.39, 0.29) is 29.7 Å². The Morgan fingerprint density at radius 2 is 2.25 bits per heavy atom. The van der Waals surface area contributed by atoms with E-state index >= 15 is 0 Å². The first kappa shape index (κ1) is 16.9. The highest BCUT2D eigenvalue weighted by atomic mass is 19.1. The van der Waals surface area contributed by atoms with Crippen LogP contribution in [0.25, 0.3) is 0 Å². The molecule has 1 aromatic carbocycles. The fourth-order valence-corrected chi connectivity index (χ4v) is 3.61. The number of carbonyl (C=O) groups excluding carboxylic acids is 2. The number of halogens is 1. The Morgan fingerprint density at radius 1 is 1.42 bits per heavy atom. The zero-order valence-electron chi connectivity index (χ0n) is 13.8. The number of piperidine rings is 1. The molecule has 0 aromatic heterocycles. The molecule has 2 aliphatic rings. The first-order valence-corrected chi connectivity index (χ1v) is 8.46. The van der Waals surface area contributed by atoms with E-state index in [1.807, 2.05) is 0 Å². The van der Waals surface area contributed by atoms with Crippen LogP contribution in [-0.4, -0.2) is 43.0 Å². The van der Waals surface area contributed by atoms with Crippen molar-refractivity contribution in [3.8, 4) is 0 Å². The first-order chi connectivity index (χ1) is 11.6. The molecular formula is C18H23FN2O3. The van der Waals surface area contributed by atoms with E-state index in [1.165, 1.54) is 12.1 Å². The zero-order chi connectivity index (χ0) is 17.1. The van der Waals surface area contributed by atoms with Crippen molar-refractivity contribution in [1.82, 2.24) is 10.2 Å². The van der Waals surface area contributed by atoms with Gasteiger partial charge in [0.25, 0.3) is 0 Å². The molecule has 3 rings (SSSR count). The van der Waals surface area contributed by atoms with Crippen molar-refractivity contribution in [3.63, 3.8) is 0 Å². The number of carbonyl (C=O) groups is 2. The predicted molar refractivity (Wildman–Crippen MR) is 86.6 cm³/mol. The summed E-state index contributed by atoms with van der Waals surface area (Å²) in [5.41, 5.74) is 0.655. The quantitative estimate of drug-likeness (QED) is 0.917. The second-order valence-corrected chi connectivity index (χ2v) is 6.53. The molecule has 0 radical (unpaired) electrons. The lowest BCUT2D eigenvalue weighted by atomic mass is 9.84. The Morgan fingerprint density at radius 3 is 2.96 bits per heavy atom. The maximum absolute atomic E-state index is 13.6. The monoisotopic (exact) mass is 334 g/mol. The summed E-state index contributed by atoms with van der Waals surface area (Å²) in [6.07, 6.45) is 2.86. The number of likely N-dealkylation sites (tertiary alicyclic amines) is 1. The number of benzene rings is 1. The van der Waals surface area contributed by atoms with Crippen LogP contribution in [0.5, 0.6) is 0 Å². The fourth-order valence-electron chi connectivity index (χ4n) is 3.61.